The number of nitrogens with one attached hydrogen (secondary N) is 2. The molecule has 12 nitrogen and oxygen atoms in total. The van der Waals surface area contributed by atoms with Gasteiger partial charge in [0.2, 0.25) is 5.43 Å². The van der Waals surface area contributed by atoms with Crippen LogP contribution in [-0.4, -0.2) is 45.2 Å². The molecule has 41 heavy (non-hydrogen) atoms. The Bertz CT molecular complexity index is 1650. The predicted octanol–water partition coefficient (Wildman–Crippen LogP) is 2.26. The minimum atomic E-state index is -1.60. The summed E-state index contributed by atoms with van der Waals surface area (Å²) < 4.78 is 36.5. The molecule has 0 radical (unpaired) electrons. The molecule has 2 aromatic heterocycles. The summed E-state index contributed by atoms with van der Waals surface area (Å²) in [6, 6.07) is 7.89. The molecule has 0 aliphatic heterocycles. The molecule has 0 spiro atoms. The van der Waals surface area contributed by atoms with E-state index in [1.54, 1.807) is 35.7 Å². The van der Waals surface area contributed by atoms with Crippen molar-refractivity contribution in [1.29, 1.82) is 0 Å². The summed E-state index contributed by atoms with van der Waals surface area (Å²) in [6.07, 6.45) is 0.00707. The number of carbonyl (C=O) groups excluding carboxylic acids is 2. The number of benzene rings is 2. The Labute approximate surface area is 234 Å². The minimum absolute atomic E-state index is 0.110. The summed E-state index contributed by atoms with van der Waals surface area (Å²) in [4.78, 5) is 53.6. The molecule has 1 atom stereocenters. The summed E-state index contributed by atoms with van der Waals surface area (Å²) in [5.74, 6) is 1.60. The molecule has 2 heterocycles. The van der Waals surface area contributed by atoms with Crippen molar-refractivity contribution in [2.75, 3.05) is 11.6 Å². The first kappa shape index (κ1) is 29.1. The molecule has 5 N–H and O–H groups in total. The van der Waals surface area contributed by atoms with E-state index in [-0.39, 0.29) is 18.7 Å². The first-order chi connectivity index (χ1) is 19.6. The Morgan fingerprint density at radius 3 is 2.63 bits per heavy atom. The standard InChI is InChI=1S/C26H24F2N6O6S/c1-33-9-17(24(36)30-8-19(25(37)38)32-26(39)40-11-14-5-3-2-4-6-14)23(35)15-7-18(27)16(21(28)22(15)33)10-34(29)20-12-41-13-31-20/h2-7,9,12-13,19H,8,10-11,29H2,1H3,(H,30,36)(H,32,39)(H,37,38). The number of ether oxygens (including phenoxy) is 1. The Morgan fingerprint density at radius 2 is 1.98 bits per heavy atom. The Kier molecular flexibility index (Phi) is 8.89. The van der Waals surface area contributed by atoms with E-state index in [2.05, 4.69) is 15.6 Å². The maximum atomic E-state index is 15.4. The highest BCUT2D eigenvalue weighted by Crippen LogP contribution is 2.25. The number of pyridine rings is 1. The quantitative estimate of drug-likeness (QED) is 0.161. The van der Waals surface area contributed by atoms with Gasteiger partial charge in [0, 0.05) is 30.7 Å². The topological polar surface area (TPSA) is 169 Å². The van der Waals surface area contributed by atoms with Crippen LogP contribution in [0.2, 0.25) is 0 Å². The van der Waals surface area contributed by atoms with Crippen LogP contribution in [0.3, 0.4) is 0 Å². The van der Waals surface area contributed by atoms with Gasteiger partial charge in [-0.15, -0.1) is 11.3 Å². The summed E-state index contributed by atoms with van der Waals surface area (Å²) >= 11 is 1.25. The van der Waals surface area contributed by atoms with Crippen LogP contribution in [0.4, 0.5) is 19.4 Å². The number of thiazole rings is 1. The number of rotatable bonds is 10. The van der Waals surface area contributed by atoms with Crippen LogP contribution in [0.5, 0.6) is 0 Å². The van der Waals surface area contributed by atoms with Gasteiger partial charge in [-0.25, -0.2) is 29.2 Å². The van der Waals surface area contributed by atoms with Crippen LogP contribution in [0.25, 0.3) is 10.9 Å². The van der Waals surface area contributed by atoms with E-state index in [4.69, 9.17) is 10.6 Å². The Morgan fingerprint density at radius 1 is 1.24 bits per heavy atom. The molecule has 0 aliphatic rings. The van der Waals surface area contributed by atoms with Crippen LogP contribution in [0.15, 0.2) is 58.3 Å². The minimum Gasteiger partial charge on any atom is -0.480 e. The lowest BCUT2D eigenvalue weighted by molar-refractivity contribution is -0.139. The lowest BCUT2D eigenvalue weighted by Crippen LogP contribution is -2.49. The van der Waals surface area contributed by atoms with Gasteiger partial charge in [0.1, 0.15) is 24.0 Å². The smallest absolute Gasteiger partial charge is 0.408 e. The fraction of sp³-hybridized carbons (Fsp3) is 0.192. The van der Waals surface area contributed by atoms with Crippen molar-refractivity contribution in [2.45, 2.75) is 19.2 Å². The fourth-order valence-corrected chi connectivity index (χ4v) is 4.48. The number of carbonyl (C=O) groups is 3. The maximum absolute atomic E-state index is 15.4. The number of nitrogens with two attached hydrogens (primary N) is 1. The molecule has 2 aromatic carbocycles. The van der Waals surface area contributed by atoms with Crippen molar-refractivity contribution >= 4 is 46.0 Å². The van der Waals surface area contributed by atoms with Crippen molar-refractivity contribution in [3.05, 3.63) is 92.0 Å². The predicted molar refractivity (Wildman–Crippen MR) is 145 cm³/mol. The fourth-order valence-electron chi connectivity index (χ4n) is 3.93. The number of carboxylic acid groups (broad SMARTS) is 1. The number of aromatic nitrogens is 2. The first-order valence-electron chi connectivity index (χ1n) is 12.0. The van der Waals surface area contributed by atoms with Crippen molar-refractivity contribution in [1.82, 2.24) is 20.2 Å². The van der Waals surface area contributed by atoms with E-state index < -0.39 is 64.1 Å². The SMILES string of the molecule is Cn1cc(C(=O)NCC(NC(=O)OCc2ccccc2)C(=O)O)c(=O)c2cc(F)c(CN(N)c3cscn3)c(F)c21. The second kappa shape index (κ2) is 12.5. The average molecular weight is 587 g/mol. The Hall–Kier alpha value is -4.89. The molecular weight excluding hydrogens is 562 g/mol. The number of hydrazine groups is 1. The highest BCUT2D eigenvalue weighted by atomic mass is 32.1. The number of fused-ring (bicyclic) bond motifs is 1. The van der Waals surface area contributed by atoms with Gasteiger partial charge < -0.3 is 25.0 Å². The zero-order valence-corrected chi connectivity index (χ0v) is 22.3. The number of aryl methyl sites for hydroxylation is 1. The van der Waals surface area contributed by atoms with E-state index >= 15 is 4.39 Å². The molecule has 0 fully saturated rings. The third-order valence-corrected chi connectivity index (χ3v) is 6.58. The van der Waals surface area contributed by atoms with E-state index in [0.29, 0.717) is 11.4 Å². The monoisotopic (exact) mass is 586 g/mol. The van der Waals surface area contributed by atoms with Gasteiger partial charge in [0.15, 0.2) is 11.6 Å². The zero-order chi connectivity index (χ0) is 29.7. The summed E-state index contributed by atoms with van der Waals surface area (Å²) in [5.41, 5.74) is 0.0344. The molecule has 1 unspecified atom stereocenters. The van der Waals surface area contributed by atoms with Gasteiger partial charge in [-0.05, 0) is 11.6 Å². The van der Waals surface area contributed by atoms with Crippen LogP contribution in [0.1, 0.15) is 21.5 Å². The molecular formula is C26H24F2N6O6S. The molecule has 4 aromatic rings. The number of hydrogen-bond acceptors (Lipinski definition) is 9. The molecule has 2 amide bonds. The molecule has 0 saturated carbocycles. The number of nitrogens with zero attached hydrogens (tertiary/aromatic N) is 3. The Balaban J connectivity index is 1.49. The molecule has 0 bridgehead atoms. The summed E-state index contributed by atoms with van der Waals surface area (Å²) in [6.45, 7) is -1.10. The number of amides is 2. The van der Waals surface area contributed by atoms with E-state index in [1.165, 1.54) is 23.9 Å². The lowest BCUT2D eigenvalue weighted by atomic mass is 10.1. The van der Waals surface area contributed by atoms with Crippen LogP contribution in [-0.2, 0) is 29.7 Å². The number of halogens is 2. The number of alkyl carbamates (subject to hydrolysis) is 1. The van der Waals surface area contributed by atoms with Crippen molar-refractivity contribution in [2.24, 2.45) is 12.9 Å². The van der Waals surface area contributed by atoms with Crippen molar-refractivity contribution in [3.8, 4) is 0 Å². The molecule has 214 valence electrons. The zero-order valence-electron chi connectivity index (χ0n) is 21.5. The van der Waals surface area contributed by atoms with Crippen molar-refractivity contribution in [3.63, 3.8) is 0 Å². The normalized spacial score (nSPS) is 11.6. The van der Waals surface area contributed by atoms with Crippen LogP contribution < -0.4 is 26.9 Å². The molecule has 4 rings (SSSR count). The highest BCUT2D eigenvalue weighted by Gasteiger charge is 2.25. The second-order valence-electron chi connectivity index (χ2n) is 8.81. The number of aliphatic carboxylic acids is 1. The second-order valence-corrected chi connectivity index (χ2v) is 9.53. The third-order valence-electron chi connectivity index (χ3n) is 6.01. The van der Waals surface area contributed by atoms with Gasteiger partial charge >= 0.3 is 12.1 Å². The van der Waals surface area contributed by atoms with Gasteiger partial charge in [0.05, 0.1) is 23.0 Å². The average Bonchev–Trinajstić information content (AvgIpc) is 3.49. The largest absolute Gasteiger partial charge is 0.480 e. The van der Waals surface area contributed by atoms with Gasteiger partial charge in [0.25, 0.3) is 5.91 Å². The number of anilines is 1. The van der Waals surface area contributed by atoms with Gasteiger partial charge in [-0.1, -0.05) is 30.3 Å². The maximum Gasteiger partial charge on any atom is 0.408 e. The van der Waals surface area contributed by atoms with E-state index in [1.807, 2.05) is 0 Å². The van der Waals surface area contributed by atoms with Crippen molar-refractivity contribution < 1.29 is 33.0 Å². The van der Waals surface area contributed by atoms with Gasteiger partial charge in [-0.2, -0.15) is 0 Å². The first-order valence-corrected chi connectivity index (χ1v) is 12.9. The third kappa shape index (κ3) is 6.64. The van der Waals surface area contributed by atoms with Gasteiger partial charge in [-0.3, -0.25) is 14.6 Å². The highest BCUT2D eigenvalue weighted by molar-refractivity contribution is 7.07. The van der Waals surface area contributed by atoms with E-state index in [9.17, 15) is 28.7 Å². The van der Waals surface area contributed by atoms with Crippen LogP contribution in [0, 0.1) is 11.6 Å². The summed E-state index contributed by atoms with van der Waals surface area (Å²) in [7, 11) is 1.36. The number of hydrogen-bond donors (Lipinski definition) is 4. The van der Waals surface area contributed by atoms with Crippen LogP contribution >= 0.6 is 11.3 Å². The number of carboxylic acids is 1. The summed E-state index contributed by atoms with van der Waals surface area (Å²) in [5, 5.41) is 16.1. The molecule has 0 aliphatic carbocycles. The molecule has 15 heteroatoms. The lowest BCUT2D eigenvalue weighted by Gasteiger charge is -2.19. The van der Waals surface area contributed by atoms with E-state index in [0.717, 1.165) is 21.8 Å². The molecule has 0 saturated heterocycles.